The van der Waals surface area contributed by atoms with Crippen molar-refractivity contribution in [2.75, 3.05) is 0 Å². The Hall–Kier alpha value is 0.532. The van der Waals surface area contributed by atoms with Crippen molar-refractivity contribution in [2.45, 2.75) is 42.7 Å². The Morgan fingerprint density at radius 1 is 1.12 bits per heavy atom. The Bertz CT molecular complexity index is 55.4. The van der Waals surface area contributed by atoms with Gasteiger partial charge in [-0.2, -0.15) is 0 Å². The maximum absolute atomic E-state index is 2.40. The van der Waals surface area contributed by atoms with Gasteiger partial charge >= 0.3 is 0 Å². The molecule has 0 unspecified atom stereocenters. The summed E-state index contributed by atoms with van der Waals surface area (Å²) in [5, 5.41) is 0. The topological polar surface area (TPSA) is 0 Å². The van der Waals surface area contributed by atoms with Crippen molar-refractivity contribution in [3.63, 3.8) is 0 Å². The van der Waals surface area contributed by atoms with Gasteiger partial charge in [0.1, 0.15) is 0 Å². The summed E-state index contributed by atoms with van der Waals surface area (Å²) in [6.07, 6.45) is 7.64. The third-order valence-corrected chi connectivity index (χ3v) is 3.73. The molecule has 0 aliphatic heterocycles. The Morgan fingerprint density at radius 3 is 2.12 bits per heavy atom. The van der Waals surface area contributed by atoms with E-state index in [0.29, 0.717) is 0 Å². The number of hydrogen-bond acceptors (Lipinski definition) is 0. The Labute approximate surface area is 58.4 Å². The van der Waals surface area contributed by atoms with Gasteiger partial charge < -0.3 is 0 Å². The zero-order chi connectivity index (χ0) is 5.82. The summed E-state index contributed by atoms with van der Waals surface area (Å²) < 4.78 is 1.17. The predicted molar refractivity (Wildman–Crippen MR) is 38.5 cm³/mol. The van der Waals surface area contributed by atoms with Crippen LogP contribution in [0, 0.1) is 0 Å². The van der Waals surface area contributed by atoms with Gasteiger partial charge in [0.2, 0.25) is 15.2 Å². The minimum absolute atomic E-state index is 0.788. The van der Waals surface area contributed by atoms with E-state index in [9.17, 15) is 0 Å². The van der Waals surface area contributed by atoms with Crippen LogP contribution >= 0.6 is 0 Å². The summed E-state index contributed by atoms with van der Waals surface area (Å²) >= 11 is 0.788. The summed E-state index contributed by atoms with van der Waals surface area (Å²) in [5.74, 6) is 2.40. The van der Waals surface area contributed by atoms with Crippen molar-refractivity contribution < 1.29 is 0 Å². The highest BCUT2D eigenvalue weighted by molar-refractivity contribution is 6.35. The van der Waals surface area contributed by atoms with Gasteiger partial charge in [-0.15, -0.1) is 5.79 Å². The van der Waals surface area contributed by atoms with Crippen LogP contribution in [0.1, 0.15) is 32.1 Å². The van der Waals surface area contributed by atoms with Gasteiger partial charge in [0.05, 0.1) is 0 Å². The lowest BCUT2D eigenvalue weighted by Gasteiger charge is -2.18. The zero-order valence-electron chi connectivity index (χ0n) is 5.69. The van der Waals surface area contributed by atoms with Gasteiger partial charge in [-0.1, -0.05) is 36.9 Å². The maximum Gasteiger partial charge on any atom is 0.200 e. The maximum atomic E-state index is 2.40. The van der Waals surface area contributed by atoms with E-state index in [2.05, 4.69) is 5.79 Å². The van der Waals surface area contributed by atoms with E-state index < -0.39 is 0 Å². The van der Waals surface area contributed by atoms with Crippen molar-refractivity contribution in [1.82, 2.24) is 0 Å². The molecule has 8 heavy (non-hydrogen) atoms. The van der Waals surface area contributed by atoms with Gasteiger partial charge in [-0.05, 0) is 0 Å². The largest absolute Gasteiger partial charge is 0.200 e. The molecule has 0 bridgehead atoms. The van der Waals surface area contributed by atoms with Gasteiger partial charge in [-0.25, -0.2) is 0 Å². The van der Waals surface area contributed by atoms with Gasteiger partial charge in [-0.3, -0.25) is 0 Å². The van der Waals surface area contributed by atoms with Gasteiger partial charge in [0.25, 0.3) is 0 Å². The van der Waals surface area contributed by atoms with Crippen LogP contribution in [0.15, 0.2) is 0 Å². The Balaban J connectivity index is 2.13. The van der Waals surface area contributed by atoms with E-state index in [4.69, 9.17) is 0 Å². The molecule has 0 heterocycles. The molecule has 1 rings (SSSR count). The molecular weight excluding hydrogens is 111 g/mol. The first-order valence-electron chi connectivity index (χ1n) is 3.73. The minimum atomic E-state index is 0.788. The molecule has 0 saturated heterocycles. The first-order valence-corrected chi connectivity index (χ1v) is 5.55. The zero-order valence-corrected chi connectivity index (χ0v) is 6.84. The van der Waals surface area contributed by atoms with E-state index in [0.717, 1.165) is 15.2 Å². The molecule has 1 radical (unpaired) electrons. The van der Waals surface area contributed by atoms with Crippen LogP contribution in [0.3, 0.4) is 0 Å². The molecule has 0 aromatic heterocycles. The quantitative estimate of drug-likeness (QED) is 0.472. The van der Waals surface area contributed by atoms with Crippen molar-refractivity contribution in [3.05, 3.63) is 0 Å². The molecule has 0 N–H and O–H groups in total. The van der Waals surface area contributed by atoms with Gasteiger partial charge in [0, 0.05) is 0 Å². The molecule has 0 aromatic rings. The first kappa shape index (κ1) is 6.65. The van der Waals surface area contributed by atoms with Crippen LogP contribution in [0.5, 0.6) is 0 Å². The van der Waals surface area contributed by atoms with Crippen molar-refractivity contribution in [2.24, 2.45) is 0 Å². The molecule has 0 nitrogen and oxygen atoms in total. The predicted octanol–water partition coefficient (Wildman–Crippen LogP) is 2.49. The van der Waals surface area contributed by atoms with Gasteiger partial charge in [0.15, 0.2) is 0 Å². The Kier molecular flexibility index (Phi) is 2.94. The van der Waals surface area contributed by atoms with E-state index in [1.807, 2.05) is 0 Å². The standard InChI is InChI=1S/C6H11.CH3.Al/c1-2-4-6-5-3-1;;/h1H,2-6H2;1H3;. The molecule has 0 aromatic carbocycles. The fourth-order valence-electron chi connectivity index (χ4n) is 1.47. The van der Waals surface area contributed by atoms with Crippen LogP contribution in [0.25, 0.3) is 0 Å². The van der Waals surface area contributed by atoms with Crippen LogP contribution in [0.4, 0.5) is 0 Å². The molecule has 1 aliphatic rings. The third kappa shape index (κ3) is 1.80. The molecular formula is C7H14Al. The molecule has 0 amide bonds. The second-order valence-electron chi connectivity index (χ2n) is 2.73. The second-order valence-corrected chi connectivity index (χ2v) is 4.34. The first-order chi connectivity index (χ1) is 3.93. The second kappa shape index (κ2) is 3.54. The average molecular weight is 125 g/mol. The van der Waals surface area contributed by atoms with E-state index in [1.165, 1.54) is 24.0 Å². The molecule has 1 heteroatoms. The monoisotopic (exact) mass is 125 g/mol. The van der Waals surface area contributed by atoms with E-state index >= 15 is 0 Å². The normalized spacial score (nSPS) is 23.1. The summed E-state index contributed by atoms with van der Waals surface area (Å²) in [7, 11) is 0. The van der Waals surface area contributed by atoms with Crippen molar-refractivity contribution in [3.8, 4) is 0 Å². The van der Waals surface area contributed by atoms with Crippen molar-refractivity contribution in [1.29, 1.82) is 0 Å². The smallest absolute Gasteiger partial charge is 0.115 e. The highest BCUT2D eigenvalue weighted by Crippen LogP contribution is 2.27. The summed E-state index contributed by atoms with van der Waals surface area (Å²) in [5.41, 5.74) is 0. The summed E-state index contributed by atoms with van der Waals surface area (Å²) in [6.45, 7) is 0. The molecule has 45 valence electrons. The molecule has 0 spiro atoms. The fraction of sp³-hybridized carbons (Fsp3) is 1.00. The molecule has 1 saturated carbocycles. The van der Waals surface area contributed by atoms with Crippen LogP contribution in [0.2, 0.25) is 10.6 Å². The van der Waals surface area contributed by atoms with Crippen LogP contribution in [-0.4, -0.2) is 15.2 Å². The lowest BCUT2D eigenvalue weighted by atomic mass is 10.0. The minimum Gasteiger partial charge on any atom is -0.115 e. The fourth-order valence-corrected chi connectivity index (χ4v) is 2.61. The summed E-state index contributed by atoms with van der Waals surface area (Å²) in [4.78, 5) is 0. The average Bonchev–Trinajstić information content (AvgIpc) is 1.90. The van der Waals surface area contributed by atoms with Crippen molar-refractivity contribution >= 4 is 15.2 Å². The highest BCUT2D eigenvalue weighted by Gasteiger charge is 2.10. The van der Waals surface area contributed by atoms with Crippen LogP contribution in [-0.2, 0) is 0 Å². The SMILES string of the molecule is [CH3][Al][CH]1CCCCC1. The number of rotatable bonds is 1. The van der Waals surface area contributed by atoms with E-state index in [1.54, 1.807) is 12.8 Å². The Morgan fingerprint density at radius 2 is 1.75 bits per heavy atom. The number of hydrogen-bond donors (Lipinski definition) is 0. The highest BCUT2D eigenvalue weighted by atomic mass is 27.1. The van der Waals surface area contributed by atoms with Crippen LogP contribution < -0.4 is 0 Å². The molecule has 1 fully saturated rings. The molecule has 0 atom stereocenters. The molecule has 1 aliphatic carbocycles. The van der Waals surface area contributed by atoms with E-state index in [-0.39, 0.29) is 0 Å². The lowest BCUT2D eigenvalue weighted by molar-refractivity contribution is 0.501. The lowest BCUT2D eigenvalue weighted by Crippen LogP contribution is -2.04. The third-order valence-electron chi connectivity index (χ3n) is 2.12. The summed E-state index contributed by atoms with van der Waals surface area (Å²) in [6, 6.07) is 0.